The molecule has 0 saturated carbocycles. The summed E-state index contributed by atoms with van der Waals surface area (Å²) in [5.41, 5.74) is 1.34. The van der Waals surface area contributed by atoms with Crippen LogP contribution in [0.15, 0.2) is 42.0 Å². The van der Waals surface area contributed by atoms with Gasteiger partial charge in [0.05, 0.1) is 12.5 Å². The zero-order valence-electron chi connectivity index (χ0n) is 16.4. The molecule has 5 nitrogen and oxygen atoms in total. The van der Waals surface area contributed by atoms with E-state index >= 15 is 0 Å². The van der Waals surface area contributed by atoms with Crippen LogP contribution in [-0.4, -0.2) is 52.9 Å². The summed E-state index contributed by atoms with van der Waals surface area (Å²) in [7, 11) is 0. The van der Waals surface area contributed by atoms with Crippen molar-refractivity contribution in [1.29, 1.82) is 0 Å². The summed E-state index contributed by atoms with van der Waals surface area (Å²) in [5, 5.41) is 5.20. The number of carbonyl (C=O) groups excluding carboxylic acids is 1. The lowest BCUT2D eigenvalue weighted by atomic mass is 9.93. The summed E-state index contributed by atoms with van der Waals surface area (Å²) < 4.78 is 0. The molecule has 28 heavy (non-hydrogen) atoms. The number of carbonyl (C=O) groups is 1. The highest BCUT2D eigenvalue weighted by Crippen LogP contribution is 2.25. The number of rotatable bonds is 6. The van der Waals surface area contributed by atoms with Gasteiger partial charge in [-0.25, -0.2) is 0 Å². The van der Waals surface area contributed by atoms with Crippen LogP contribution in [0, 0.1) is 5.92 Å². The number of aromatic nitrogens is 1. The van der Waals surface area contributed by atoms with Gasteiger partial charge in [0.2, 0.25) is 5.91 Å². The van der Waals surface area contributed by atoms with E-state index in [1.165, 1.54) is 23.3 Å². The van der Waals surface area contributed by atoms with Gasteiger partial charge in [-0.05, 0) is 74.5 Å². The standard InChI is InChI=1S/C22H30N4OS/c27-22(24-15-21-4-2-14-28-21)19-3-1-11-26(17-19)20-7-12-25(13-8-20)16-18-5-9-23-10-6-18/h2,4-6,9-10,14,19-20H,1,3,7-8,11-13,15-17H2,(H,24,27)/t19-/m0/s1. The van der Waals surface area contributed by atoms with Gasteiger partial charge in [0.25, 0.3) is 0 Å². The zero-order valence-corrected chi connectivity index (χ0v) is 17.2. The van der Waals surface area contributed by atoms with E-state index in [2.05, 4.69) is 43.7 Å². The van der Waals surface area contributed by atoms with E-state index in [0.29, 0.717) is 12.6 Å². The SMILES string of the molecule is O=C(NCc1cccs1)[C@H]1CCCN(C2CCN(Cc3ccncc3)CC2)C1. The third-order valence-corrected chi connectivity index (χ3v) is 6.95. The van der Waals surface area contributed by atoms with Crippen molar-refractivity contribution in [2.24, 2.45) is 5.92 Å². The second kappa shape index (κ2) is 9.63. The van der Waals surface area contributed by atoms with Gasteiger partial charge in [-0.15, -0.1) is 11.3 Å². The van der Waals surface area contributed by atoms with Gasteiger partial charge in [-0.2, -0.15) is 0 Å². The number of pyridine rings is 1. The van der Waals surface area contributed by atoms with Crippen LogP contribution in [0.4, 0.5) is 0 Å². The summed E-state index contributed by atoms with van der Waals surface area (Å²) in [6.07, 6.45) is 8.31. The molecule has 1 atom stereocenters. The average molecular weight is 399 g/mol. The topological polar surface area (TPSA) is 48.5 Å². The predicted octanol–water partition coefficient (Wildman–Crippen LogP) is 3.14. The van der Waals surface area contributed by atoms with Crippen LogP contribution in [-0.2, 0) is 17.9 Å². The number of likely N-dealkylation sites (tertiary alicyclic amines) is 2. The van der Waals surface area contributed by atoms with Crippen LogP contribution in [0.3, 0.4) is 0 Å². The first kappa shape index (κ1) is 19.6. The highest BCUT2D eigenvalue weighted by atomic mass is 32.1. The molecule has 6 heteroatoms. The number of thiophene rings is 1. The first-order valence-corrected chi connectivity index (χ1v) is 11.3. The van der Waals surface area contributed by atoms with Gasteiger partial charge < -0.3 is 5.32 Å². The monoisotopic (exact) mass is 398 g/mol. The molecule has 150 valence electrons. The largest absolute Gasteiger partial charge is 0.351 e. The van der Waals surface area contributed by atoms with Crippen LogP contribution in [0.5, 0.6) is 0 Å². The van der Waals surface area contributed by atoms with E-state index < -0.39 is 0 Å². The fourth-order valence-corrected chi connectivity index (χ4v) is 5.12. The Morgan fingerprint density at radius 2 is 1.96 bits per heavy atom. The van der Waals surface area contributed by atoms with E-state index in [1.807, 2.05) is 18.5 Å². The molecule has 2 aromatic rings. The number of hydrogen-bond acceptors (Lipinski definition) is 5. The van der Waals surface area contributed by atoms with Gasteiger partial charge in [0.1, 0.15) is 0 Å². The highest BCUT2D eigenvalue weighted by Gasteiger charge is 2.31. The Kier molecular flexibility index (Phi) is 6.73. The first-order valence-electron chi connectivity index (χ1n) is 10.4. The molecule has 0 bridgehead atoms. The highest BCUT2D eigenvalue weighted by molar-refractivity contribution is 7.09. The van der Waals surface area contributed by atoms with Crippen molar-refractivity contribution in [3.8, 4) is 0 Å². The Balaban J connectivity index is 1.23. The number of hydrogen-bond donors (Lipinski definition) is 1. The van der Waals surface area contributed by atoms with Crippen molar-refractivity contribution >= 4 is 17.2 Å². The molecule has 0 spiro atoms. The lowest BCUT2D eigenvalue weighted by Crippen LogP contribution is -2.50. The molecule has 2 saturated heterocycles. The average Bonchev–Trinajstić information content (AvgIpc) is 3.27. The quantitative estimate of drug-likeness (QED) is 0.812. The molecular formula is C22H30N4OS. The van der Waals surface area contributed by atoms with Crippen LogP contribution in [0.25, 0.3) is 0 Å². The minimum absolute atomic E-state index is 0.142. The molecule has 0 aliphatic carbocycles. The molecule has 0 unspecified atom stereocenters. The Morgan fingerprint density at radius 3 is 2.71 bits per heavy atom. The molecule has 2 aromatic heterocycles. The van der Waals surface area contributed by atoms with Crippen LogP contribution >= 0.6 is 11.3 Å². The summed E-state index contributed by atoms with van der Waals surface area (Å²) in [5.74, 6) is 0.372. The minimum atomic E-state index is 0.142. The van der Waals surface area contributed by atoms with Gasteiger partial charge in [0, 0.05) is 36.4 Å². The maximum Gasteiger partial charge on any atom is 0.224 e. The Bertz CT molecular complexity index is 728. The van der Waals surface area contributed by atoms with E-state index in [0.717, 1.165) is 45.6 Å². The van der Waals surface area contributed by atoms with Crippen molar-refractivity contribution in [2.45, 2.75) is 44.8 Å². The molecule has 0 radical (unpaired) electrons. The third-order valence-electron chi connectivity index (χ3n) is 6.07. The molecule has 2 fully saturated rings. The molecule has 1 N–H and O–H groups in total. The van der Waals surface area contributed by atoms with Gasteiger partial charge in [0.15, 0.2) is 0 Å². The van der Waals surface area contributed by atoms with Crippen molar-refractivity contribution in [1.82, 2.24) is 20.1 Å². The van der Waals surface area contributed by atoms with Crippen molar-refractivity contribution in [3.05, 3.63) is 52.5 Å². The van der Waals surface area contributed by atoms with E-state index in [1.54, 1.807) is 11.3 Å². The van der Waals surface area contributed by atoms with E-state index in [-0.39, 0.29) is 11.8 Å². The number of piperidine rings is 2. The lowest BCUT2D eigenvalue weighted by molar-refractivity contribution is -0.127. The Labute approximate surface area is 171 Å². The summed E-state index contributed by atoms with van der Waals surface area (Å²) in [6.45, 7) is 6.02. The predicted molar refractivity (Wildman–Crippen MR) is 113 cm³/mol. The summed E-state index contributed by atoms with van der Waals surface area (Å²) in [4.78, 5) is 23.1. The number of nitrogens with zero attached hydrogens (tertiary/aromatic N) is 3. The fourth-order valence-electron chi connectivity index (χ4n) is 4.47. The second-order valence-electron chi connectivity index (χ2n) is 7.99. The Hall–Kier alpha value is -1.76. The smallest absolute Gasteiger partial charge is 0.224 e. The fraction of sp³-hybridized carbons (Fsp3) is 0.545. The molecule has 1 amide bonds. The lowest BCUT2D eigenvalue weighted by Gasteiger charge is -2.42. The van der Waals surface area contributed by atoms with Crippen LogP contribution in [0.1, 0.15) is 36.1 Å². The summed E-state index contributed by atoms with van der Waals surface area (Å²) in [6, 6.07) is 8.96. The Morgan fingerprint density at radius 1 is 1.14 bits per heavy atom. The number of amides is 1. The van der Waals surface area contributed by atoms with Crippen LogP contribution < -0.4 is 5.32 Å². The molecule has 2 aliphatic rings. The summed E-state index contributed by atoms with van der Waals surface area (Å²) >= 11 is 1.70. The van der Waals surface area contributed by atoms with E-state index in [4.69, 9.17) is 0 Å². The molecule has 4 rings (SSSR count). The second-order valence-corrected chi connectivity index (χ2v) is 9.03. The third kappa shape index (κ3) is 5.19. The molecule has 4 heterocycles. The van der Waals surface area contributed by atoms with E-state index in [9.17, 15) is 4.79 Å². The maximum atomic E-state index is 12.6. The first-order chi connectivity index (χ1) is 13.8. The van der Waals surface area contributed by atoms with Crippen molar-refractivity contribution in [2.75, 3.05) is 26.2 Å². The maximum absolute atomic E-state index is 12.6. The molecule has 0 aromatic carbocycles. The normalized spacial score (nSPS) is 22.2. The van der Waals surface area contributed by atoms with Crippen molar-refractivity contribution < 1.29 is 4.79 Å². The number of nitrogens with one attached hydrogen (secondary N) is 1. The zero-order chi connectivity index (χ0) is 19.2. The molecule has 2 aliphatic heterocycles. The van der Waals surface area contributed by atoms with Gasteiger partial charge in [-0.1, -0.05) is 6.07 Å². The van der Waals surface area contributed by atoms with Crippen LogP contribution in [0.2, 0.25) is 0 Å². The molecular weight excluding hydrogens is 368 g/mol. The van der Waals surface area contributed by atoms with Crippen molar-refractivity contribution in [3.63, 3.8) is 0 Å². The van der Waals surface area contributed by atoms with Gasteiger partial charge in [-0.3, -0.25) is 19.6 Å². The minimum Gasteiger partial charge on any atom is -0.351 e. The van der Waals surface area contributed by atoms with Gasteiger partial charge >= 0.3 is 0 Å².